The van der Waals surface area contributed by atoms with Crippen molar-refractivity contribution in [2.45, 2.75) is 38.6 Å². The van der Waals surface area contributed by atoms with Gasteiger partial charge < -0.3 is 19.4 Å². The van der Waals surface area contributed by atoms with Crippen LogP contribution in [0.4, 0.5) is 0 Å². The maximum atomic E-state index is 13.4. The summed E-state index contributed by atoms with van der Waals surface area (Å²) in [5.41, 5.74) is 2.01. The van der Waals surface area contributed by atoms with Crippen molar-refractivity contribution in [3.8, 4) is 5.75 Å². The molecule has 0 fully saturated rings. The van der Waals surface area contributed by atoms with Crippen LogP contribution in [0, 0.1) is 6.92 Å². The number of nitrogens with one attached hydrogen (secondary N) is 1. The number of carbonyl (C=O) groups is 1. The van der Waals surface area contributed by atoms with Crippen LogP contribution in [0.1, 0.15) is 41.1 Å². The number of aromatic amines is 1. The average Bonchev–Trinajstić information content (AvgIpc) is 2.69. The summed E-state index contributed by atoms with van der Waals surface area (Å²) in [6.07, 6.45) is 1.52. The highest BCUT2D eigenvalue weighted by molar-refractivity contribution is 5.84. The average molecular weight is 394 g/mol. The zero-order chi connectivity index (χ0) is 20.7. The van der Waals surface area contributed by atoms with E-state index in [1.165, 1.54) is 13.2 Å². The molecular weight excluding hydrogens is 372 g/mol. The summed E-state index contributed by atoms with van der Waals surface area (Å²) in [6, 6.07) is 9.02. The van der Waals surface area contributed by atoms with Crippen LogP contribution in [-0.2, 0) is 22.5 Å². The maximum Gasteiger partial charge on any atom is 0.306 e. The Balaban J connectivity index is 2.01. The minimum absolute atomic E-state index is 0.00258. The van der Waals surface area contributed by atoms with Crippen LogP contribution in [0.25, 0.3) is 10.9 Å². The lowest BCUT2D eigenvalue weighted by Gasteiger charge is -2.23. The molecule has 29 heavy (non-hydrogen) atoms. The van der Waals surface area contributed by atoms with Crippen molar-refractivity contribution < 1.29 is 14.6 Å². The lowest BCUT2D eigenvalue weighted by atomic mass is 9.87. The summed E-state index contributed by atoms with van der Waals surface area (Å²) in [7, 11) is 1.25. The number of nitrogens with zero attached hydrogens (tertiary/aromatic N) is 1. The number of esters is 1. The van der Waals surface area contributed by atoms with Crippen molar-refractivity contribution in [1.82, 2.24) is 9.55 Å². The molecule has 3 heterocycles. The Kier molecular flexibility index (Phi) is 4.74. The summed E-state index contributed by atoms with van der Waals surface area (Å²) >= 11 is 0. The van der Waals surface area contributed by atoms with E-state index in [2.05, 4.69) is 4.98 Å². The van der Waals surface area contributed by atoms with E-state index in [4.69, 9.17) is 4.74 Å². The molecule has 7 heteroatoms. The first-order valence-corrected chi connectivity index (χ1v) is 9.55. The van der Waals surface area contributed by atoms with Gasteiger partial charge in [-0.2, -0.15) is 0 Å². The second kappa shape index (κ2) is 7.24. The quantitative estimate of drug-likeness (QED) is 0.662. The first kappa shape index (κ1) is 19.0. The van der Waals surface area contributed by atoms with Crippen LogP contribution in [0.15, 0.2) is 39.9 Å². The molecule has 1 atom stereocenters. The third-order valence-corrected chi connectivity index (χ3v) is 5.56. The lowest BCUT2D eigenvalue weighted by molar-refractivity contribution is -0.140. The molecule has 2 N–H and O–H groups in total. The fourth-order valence-corrected chi connectivity index (χ4v) is 4.27. The topological polar surface area (TPSA) is 101 Å². The van der Waals surface area contributed by atoms with Crippen molar-refractivity contribution in [3.63, 3.8) is 0 Å². The number of rotatable bonds is 4. The third kappa shape index (κ3) is 3.22. The van der Waals surface area contributed by atoms with Gasteiger partial charge >= 0.3 is 5.97 Å². The Morgan fingerprint density at radius 1 is 1.31 bits per heavy atom. The first-order valence-electron chi connectivity index (χ1n) is 9.55. The number of aromatic nitrogens is 2. The third-order valence-electron chi connectivity index (χ3n) is 5.56. The van der Waals surface area contributed by atoms with E-state index in [9.17, 15) is 19.5 Å². The normalized spacial score (nSPS) is 14.0. The zero-order valence-electron chi connectivity index (χ0n) is 16.3. The van der Waals surface area contributed by atoms with Crippen LogP contribution in [0.3, 0.4) is 0 Å². The molecule has 150 valence electrons. The van der Waals surface area contributed by atoms with Gasteiger partial charge in [0.1, 0.15) is 5.75 Å². The van der Waals surface area contributed by atoms with Crippen molar-refractivity contribution in [1.29, 1.82) is 0 Å². The molecule has 1 aliphatic rings. The highest BCUT2D eigenvalue weighted by atomic mass is 16.5. The van der Waals surface area contributed by atoms with E-state index in [1.54, 1.807) is 17.6 Å². The summed E-state index contributed by atoms with van der Waals surface area (Å²) in [6.45, 7) is 2.22. The highest BCUT2D eigenvalue weighted by Gasteiger charge is 2.29. The SMILES string of the molecule is COC(=O)C[C@@H](c1c(O)cc(C)[nH]c1=O)c1cc2cccc3c2n(c1=O)CCC3. The van der Waals surface area contributed by atoms with Gasteiger partial charge in [-0.15, -0.1) is 0 Å². The zero-order valence-corrected chi connectivity index (χ0v) is 16.3. The van der Waals surface area contributed by atoms with Crippen molar-refractivity contribution >= 4 is 16.9 Å². The standard InChI is InChI=1S/C22H22N2O5/c1-12-9-17(25)19(21(27)23-12)15(11-18(26)29-2)16-10-14-6-3-5-13-7-4-8-24(20(13)14)22(16)28/h3,5-6,9-10,15H,4,7-8,11H2,1-2H3,(H2,23,25,27)/t15-/m1/s1. The van der Waals surface area contributed by atoms with Gasteiger partial charge in [0.05, 0.1) is 24.6 Å². The molecule has 0 unspecified atom stereocenters. The first-order chi connectivity index (χ1) is 13.9. The number of hydrogen-bond donors (Lipinski definition) is 2. The molecule has 0 saturated carbocycles. The molecule has 3 aromatic rings. The number of ether oxygens (including phenoxy) is 1. The molecule has 0 bridgehead atoms. The van der Waals surface area contributed by atoms with Gasteiger partial charge in [0.2, 0.25) is 0 Å². The van der Waals surface area contributed by atoms with Gasteiger partial charge in [0.15, 0.2) is 0 Å². The van der Waals surface area contributed by atoms with E-state index < -0.39 is 17.4 Å². The van der Waals surface area contributed by atoms with Gasteiger partial charge in [0.25, 0.3) is 11.1 Å². The molecule has 0 spiro atoms. The Bertz CT molecular complexity index is 1240. The Morgan fingerprint density at radius 3 is 2.83 bits per heavy atom. The number of para-hydroxylation sites is 1. The van der Waals surface area contributed by atoms with Crippen LogP contribution < -0.4 is 11.1 Å². The summed E-state index contributed by atoms with van der Waals surface area (Å²) in [5, 5.41) is 11.4. The van der Waals surface area contributed by atoms with E-state index in [-0.39, 0.29) is 23.3 Å². The molecule has 1 aromatic carbocycles. The fourth-order valence-electron chi connectivity index (χ4n) is 4.27. The molecule has 0 amide bonds. The maximum absolute atomic E-state index is 13.4. The van der Waals surface area contributed by atoms with Crippen LogP contribution in [0.5, 0.6) is 5.75 Å². The molecule has 0 radical (unpaired) electrons. The number of benzene rings is 1. The van der Waals surface area contributed by atoms with Gasteiger partial charge in [-0.1, -0.05) is 18.2 Å². The van der Waals surface area contributed by atoms with Crippen molar-refractivity contribution in [2.24, 2.45) is 0 Å². The second-order valence-electron chi connectivity index (χ2n) is 7.43. The largest absolute Gasteiger partial charge is 0.507 e. The fraction of sp³-hybridized carbons (Fsp3) is 0.318. The van der Waals surface area contributed by atoms with E-state index in [1.807, 2.05) is 18.2 Å². The number of H-pyrrole nitrogens is 1. The summed E-state index contributed by atoms with van der Waals surface area (Å²) in [4.78, 5) is 40.8. The smallest absolute Gasteiger partial charge is 0.306 e. The Morgan fingerprint density at radius 2 is 2.10 bits per heavy atom. The molecule has 4 rings (SSSR count). The van der Waals surface area contributed by atoms with Gasteiger partial charge in [-0.05, 0) is 42.8 Å². The van der Waals surface area contributed by atoms with Gasteiger partial charge in [-0.3, -0.25) is 14.4 Å². The highest BCUT2D eigenvalue weighted by Crippen LogP contribution is 2.33. The second-order valence-corrected chi connectivity index (χ2v) is 7.43. The molecule has 0 aliphatic carbocycles. The van der Waals surface area contributed by atoms with Gasteiger partial charge in [-0.25, -0.2) is 0 Å². The minimum Gasteiger partial charge on any atom is -0.507 e. The molecular formula is C22H22N2O5. The van der Waals surface area contributed by atoms with Crippen LogP contribution >= 0.6 is 0 Å². The molecule has 1 aliphatic heterocycles. The number of aryl methyl sites for hydroxylation is 3. The van der Waals surface area contributed by atoms with E-state index in [0.29, 0.717) is 17.8 Å². The Hall–Kier alpha value is -3.35. The Labute approximate surface area is 166 Å². The molecule has 2 aromatic heterocycles. The summed E-state index contributed by atoms with van der Waals surface area (Å²) in [5.74, 6) is -1.73. The number of pyridine rings is 2. The number of methoxy groups -OCH3 is 1. The summed E-state index contributed by atoms with van der Waals surface area (Å²) < 4.78 is 6.52. The predicted octanol–water partition coefficient (Wildman–Crippen LogP) is 2.35. The van der Waals surface area contributed by atoms with E-state index in [0.717, 1.165) is 29.3 Å². The van der Waals surface area contributed by atoms with E-state index >= 15 is 0 Å². The van der Waals surface area contributed by atoms with Crippen molar-refractivity contribution in [2.75, 3.05) is 7.11 Å². The van der Waals surface area contributed by atoms with Gasteiger partial charge in [0, 0.05) is 23.7 Å². The monoisotopic (exact) mass is 394 g/mol. The predicted molar refractivity (Wildman–Crippen MR) is 108 cm³/mol. The minimum atomic E-state index is -0.918. The molecule has 7 nitrogen and oxygen atoms in total. The lowest BCUT2D eigenvalue weighted by Crippen LogP contribution is -2.31. The number of aromatic hydroxyl groups is 1. The molecule has 0 saturated heterocycles. The number of hydrogen-bond acceptors (Lipinski definition) is 5. The number of carbonyl (C=O) groups excluding carboxylic acids is 1. The van der Waals surface area contributed by atoms with Crippen molar-refractivity contribution in [3.05, 3.63) is 73.4 Å². The van der Waals surface area contributed by atoms with Crippen LogP contribution in [0.2, 0.25) is 0 Å². The van der Waals surface area contributed by atoms with Crippen LogP contribution in [-0.4, -0.2) is 27.7 Å².